The van der Waals surface area contributed by atoms with Crippen LogP contribution < -0.4 is 0 Å². The minimum absolute atomic E-state index is 0.155. The van der Waals surface area contributed by atoms with Crippen LogP contribution in [0.4, 0.5) is 0 Å². The van der Waals surface area contributed by atoms with Gasteiger partial charge in [0.2, 0.25) is 10.0 Å². The number of hydrogen-bond acceptors (Lipinski definition) is 4. The number of piperazine rings is 1. The van der Waals surface area contributed by atoms with Gasteiger partial charge in [-0.2, -0.15) is 4.31 Å². The number of aryl methyl sites for hydroxylation is 2. The summed E-state index contributed by atoms with van der Waals surface area (Å²) in [7, 11) is -3.58. The lowest BCUT2D eigenvalue weighted by atomic mass is 10.2. The largest absolute Gasteiger partial charge is 0.336 e. The molecule has 1 amide bonds. The molecule has 1 saturated heterocycles. The first-order chi connectivity index (χ1) is 12.3. The van der Waals surface area contributed by atoms with E-state index in [9.17, 15) is 13.2 Å². The lowest BCUT2D eigenvalue weighted by molar-refractivity contribution is 0.0697. The number of pyridine rings is 1. The maximum absolute atomic E-state index is 13.0. The Balaban J connectivity index is 1.75. The molecule has 2 heterocycles. The summed E-state index contributed by atoms with van der Waals surface area (Å²) in [4.78, 5) is 18.4. The zero-order chi connectivity index (χ0) is 18.9. The number of amides is 1. The standard InChI is InChI=1S/C18H20ClN3O3S/c1-13-5-6-14(2)16(12-13)26(24,25)22-10-8-21(9-11-22)18(23)15-4-3-7-20-17(15)19/h3-7,12H,8-11H2,1-2H3. The van der Waals surface area contributed by atoms with Crippen molar-refractivity contribution in [2.24, 2.45) is 0 Å². The molecule has 1 aliphatic rings. The van der Waals surface area contributed by atoms with Crippen LogP contribution >= 0.6 is 11.6 Å². The van der Waals surface area contributed by atoms with Crippen molar-refractivity contribution in [2.75, 3.05) is 26.2 Å². The highest BCUT2D eigenvalue weighted by molar-refractivity contribution is 7.89. The van der Waals surface area contributed by atoms with Gasteiger partial charge in [0.1, 0.15) is 5.15 Å². The highest BCUT2D eigenvalue weighted by Gasteiger charge is 2.31. The molecule has 0 aliphatic carbocycles. The molecule has 0 spiro atoms. The van der Waals surface area contributed by atoms with Gasteiger partial charge in [-0.25, -0.2) is 13.4 Å². The molecule has 2 aromatic rings. The van der Waals surface area contributed by atoms with Crippen LogP contribution in [0.2, 0.25) is 5.15 Å². The summed E-state index contributed by atoms with van der Waals surface area (Å²) in [5.41, 5.74) is 1.95. The first kappa shape index (κ1) is 18.8. The third-order valence-corrected chi connectivity index (χ3v) is 6.82. The van der Waals surface area contributed by atoms with Gasteiger partial charge in [0.15, 0.2) is 0 Å². The topological polar surface area (TPSA) is 70.6 Å². The number of nitrogens with zero attached hydrogens (tertiary/aromatic N) is 3. The molecule has 0 saturated carbocycles. The first-order valence-corrected chi connectivity index (χ1v) is 10.1. The quantitative estimate of drug-likeness (QED) is 0.751. The molecule has 0 radical (unpaired) electrons. The Hall–Kier alpha value is -1.96. The summed E-state index contributed by atoms with van der Waals surface area (Å²) in [5, 5.41) is 0.155. The Morgan fingerprint density at radius 3 is 2.46 bits per heavy atom. The van der Waals surface area contributed by atoms with Gasteiger partial charge < -0.3 is 4.90 Å². The van der Waals surface area contributed by atoms with Crippen molar-refractivity contribution in [2.45, 2.75) is 18.7 Å². The monoisotopic (exact) mass is 393 g/mol. The van der Waals surface area contributed by atoms with Crippen LogP contribution in [0.3, 0.4) is 0 Å². The van der Waals surface area contributed by atoms with Gasteiger partial charge in [0.05, 0.1) is 10.5 Å². The molecule has 1 fully saturated rings. The van der Waals surface area contributed by atoms with E-state index in [1.54, 1.807) is 30.0 Å². The summed E-state index contributed by atoms with van der Waals surface area (Å²) in [6.45, 7) is 4.78. The van der Waals surface area contributed by atoms with E-state index >= 15 is 0 Å². The normalized spacial score (nSPS) is 15.9. The Kier molecular flexibility index (Phi) is 5.32. The van der Waals surface area contributed by atoms with Crippen molar-refractivity contribution < 1.29 is 13.2 Å². The molecule has 8 heteroatoms. The van der Waals surface area contributed by atoms with Gasteiger partial charge in [-0.1, -0.05) is 23.7 Å². The van der Waals surface area contributed by atoms with Crippen molar-refractivity contribution in [1.29, 1.82) is 0 Å². The Morgan fingerprint density at radius 1 is 1.12 bits per heavy atom. The van der Waals surface area contributed by atoms with Gasteiger partial charge in [-0.15, -0.1) is 0 Å². The average Bonchev–Trinajstić information content (AvgIpc) is 2.63. The van der Waals surface area contributed by atoms with Crippen molar-refractivity contribution in [3.8, 4) is 0 Å². The molecule has 138 valence electrons. The van der Waals surface area contributed by atoms with Crippen LogP contribution in [0.1, 0.15) is 21.5 Å². The smallest absolute Gasteiger partial charge is 0.257 e. The van der Waals surface area contributed by atoms with E-state index in [0.717, 1.165) is 11.1 Å². The predicted molar refractivity (Wildman–Crippen MR) is 99.8 cm³/mol. The molecule has 26 heavy (non-hydrogen) atoms. The zero-order valence-electron chi connectivity index (χ0n) is 14.6. The number of benzene rings is 1. The Labute approximate surface area is 158 Å². The molecule has 0 bridgehead atoms. The van der Waals surface area contributed by atoms with Crippen molar-refractivity contribution in [1.82, 2.24) is 14.2 Å². The SMILES string of the molecule is Cc1ccc(C)c(S(=O)(=O)N2CCN(C(=O)c3cccnc3Cl)CC2)c1. The fourth-order valence-corrected chi connectivity index (χ4v) is 4.90. The molecule has 1 aromatic carbocycles. The van der Waals surface area contributed by atoms with Crippen LogP contribution in [0, 0.1) is 13.8 Å². The number of carbonyl (C=O) groups is 1. The maximum atomic E-state index is 13.0. The molecule has 0 atom stereocenters. The maximum Gasteiger partial charge on any atom is 0.257 e. The Morgan fingerprint density at radius 2 is 1.81 bits per heavy atom. The van der Waals surface area contributed by atoms with Crippen LogP contribution in [0.5, 0.6) is 0 Å². The average molecular weight is 394 g/mol. The van der Waals surface area contributed by atoms with Gasteiger partial charge in [0, 0.05) is 32.4 Å². The van der Waals surface area contributed by atoms with Crippen LogP contribution in [0.15, 0.2) is 41.4 Å². The van der Waals surface area contributed by atoms with E-state index in [1.807, 2.05) is 19.1 Å². The third-order valence-electron chi connectivity index (χ3n) is 4.48. The fourth-order valence-electron chi connectivity index (χ4n) is 2.97. The van der Waals surface area contributed by atoms with Crippen molar-refractivity contribution >= 4 is 27.5 Å². The minimum Gasteiger partial charge on any atom is -0.336 e. The van der Waals surface area contributed by atoms with Crippen LogP contribution in [-0.4, -0.2) is 54.7 Å². The van der Waals surface area contributed by atoms with Gasteiger partial charge >= 0.3 is 0 Å². The lowest BCUT2D eigenvalue weighted by Crippen LogP contribution is -2.50. The van der Waals surface area contributed by atoms with Crippen LogP contribution in [-0.2, 0) is 10.0 Å². The molecule has 1 aliphatic heterocycles. The highest BCUT2D eigenvalue weighted by atomic mass is 35.5. The molecule has 1 aromatic heterocycles. The number of sulfonamides is 1. The number of aromatic nitrogens is 1. The fraction of sp³-hybridized carbons (Fsp3) is 0.333. The van der Waals surface area contributed by atoms with Gasteiger partial charge in [0.25, 0.3) is 5.91 Å². The van der Waals surface area contributed by atoms with E-state index in [1.165, 1.54) is 10.5 Å². The summed E-state index contributed by atoms with van der Waals surface area (Å²) in [5.74, 6) is -0.230. The first-order valence-electron chi connectivity index (χ1n) is 8.28. The second-order valence-corrected chi connectivity index (χ2v) is 8.57. The summed E-state index contributed by atoms with van der Waals surface area (Å²) >= 11 is 5.99. The molecule has 3 rings (SSSR count). The lowest BCUT2D eigenvalue weighted by Gasteiger charge is -2.34. The Bertz CT molecular complexity index is 938. The number of halogens is 1. The van der Waals surface area contributed by atoms with Gasteiger partial charge in [-0.05, 0) is 43.2 Å². The highest BCUT2D eigenvalue weighted by Crippen LogP contribution is 2.23. The van der Waals surface area contributed by atoms with E-state index in [4.69, 9.17) is 11.6 Å². The third kappa shape index (κ3) is 3.60. The second-order valence-electron chi connectivity index (χ2n) is 6.31. The molecular weight excluding hydrogens is 374 g/mol. The zero-order valence-corrected chi connectivity index (χ0v) is 16.2. The van der Waals surface area contributed by atoms with E-state index in [2.05, 4.69) is 4.98 Å². The summed E-state index contributed by atoms with van der Waals surface area (Å²) < 4.78 is 27.3. The molecular formula is C18H20ClN3O3S. The van der Waals surface area contributed by atoms with Gasteiger partial charge in [-0.3, -0.25) is 4.79 Å². The minimum atomic E-state index is -3.58. The number of rotatable bonds is 3. The van der Waals surface area contributed by atoms with Crippen molar-refractivity contribution in [3.05, 3.63) is 58.4 Å². The summed E-state index contributed by atoms with van der Waals surface area (Å²) in [6.07, 6.45) is 1.52. The molecule has 0 unspecified atom stereocenters. The predicted octanol–water partition coefficient (Wildman–Crippen LogP) is 2.50. The number of carbonyl (C=O) groups excluding carboxylic acids is 1. The van der Waals surface area contributed by atoms with E-state index in [-0.39, 0.29) is 24.1 Å². The van der Waals surface area contributed by atoms with E-state index < -0.39 is 10.0 Å². The number of hydrogen-bond donors (Lipinski definition) is 0. The molecule has 6 nitrogen and oxygen atoms in total. The van der Waals surface area contributed by atoms with E-state index in [0.29, 0.717) is 23.5 Å². The molecule has 0 N–H and O–H groups in total. The van der Waals surface area contributed by atoms with Crippen molar-refractivity contribution in [3.63, 3.8) is 0 Å². The summed E-state index contributed by atoms with van der Waals surface area (Å²) in [6, 6.07) is 8.67. The van der Waals surface area contributed by atoms with Crippen LogP contribution in [0.25, 0.3) is 0 Å². The second kappa shape index (κ2) is 7.34.